The van der Waals surface area contributed by atoms with Crippen molar-refractivity contribution in [2.24, 2.45) is 0 Å². The van der Waals surface area contributed by atoms with Crippen LogP contribution >= 0.6 is 22.9 Å². The Labute approximate surface area is 207 Å². The third-order valence-corrected chi connectivity index (χ3v) is 7.28. The van der Waals surface area contributed by atoms with Gasteiger partial charge in [0.2, 0.25) is 0 Å². The fraction of sp³-hybridized carbons (Fsp3) is 0.320. The number of nitrogens with one attached hydrogen (secondary N) is 1. The van der Waals surface area contributed by atoms with Gasteiger partial charge in [0, 0.05) is 35.2 Å². The van der Waals surface area contributed by atoms with E-state index in [0.717, 1.165) is 35.4 Å². The average molecular weight is 496 g/mol. The second kappa shape index (κ2) is 10.2. The van der Waals surface area contributed by atoms with Gasteiger partial charge in [-0.3, -0.25) is 9.69 Å². The van der Waals surface area contributed by atoms with Gasteiger partial charge in [0.25, 0.3) is 5.91 Å². The molecule has 1 amide bonds. The number of benzene rings is 1. The van der Waals surface area contributed by atoms with Crippen molar-refractivity contribution in [3.8, 4) is 0 Å². The molecule has 0 radical (unpaired) electrons. The van der Waals surface area contributed by atoms with E-state index in [-0.39, 0.29) is 11.9 Å². The van der Waals surface area contributed by atoms with Crippen LogP contribution in [0.3, 0.4) is 0 Å². The van der Waals surface area contributed by atoms with Gasteiger partial charge < -0.3 is 10.1 Å². The maximum atomic E-state index is 13.4. The van der Waals surface area contributed by atoms with Crippen molar-refractivity contribution in [3.05, 3.63) is 80.8 Å². The highest BCUT2D eigenvalue weighted by Crippen LogP contribution is 2.28. The predicted molar refractivity (Wildman–Crippen MR) is 135 cm³/mol. The number of hydrogen-bond donors (Lipinski definition) is 1. The zero-order valence-electron chi connectivity index (χ0n) is 18.9. The van der Waals surface area contributed by atoms with E-state index in [1.807, 2.05) is 53.4 Å². The number of aryl methyl sites for hydroxylation is 1. The zero-order chi connectivity index (χ0) is 23.5. The van der Waals surface area contributed by atoms with Crippen LogP contribution in [-0.2, 0) is 11.3 Å². The highest BCUT2D eigenvalue weighted by molar-refractivity contribution is 7.09. The molecular weight excluding hydrogens is 470 g/mol. The first-order valence-corrected chi connectivity index (χ1v) is 12.6. The molecule has 1 fully saturated rings. The number of rotatable bonds is 7. The summed E-state index contributed by atoms with van der Waals surface area (Å²) in [6.45, 7) is 5.89. The lowest BCUT2D eigenvalue weighted by molar-refractivity contribution is 0.0162. The highest BCUT2D eigenvalue weighted by Gasteiger charge is 2.25. The van der Waals surface area contributed by atoms with Gasteiger partial charge in [-0.25, -0.2) is 9.67 Å². The van der Waals surface area contributed by atoms with Crippen molar-refractivity contribution < 1.29 is 9.53 Å². The van der Waals surface area contributed by atoms with E-state index in [0.29, 0.717) is 36.9 Å². The molecule has 1 aliphatic heterocycles. The summed E-state index contributed by atoms with van der Waals surface area (Å²) in [7, 11) is 0. The Balaban J connectivity index is 1.40. The maximum absolute atomic E-state index is 13.4. The van der Waals surface area contributed by atoms with Crippen molar-refractivity contribution in [2.45, 2.75) is 19.5 Å². The standard InChI is InChI=1S/C25H26ClN5O2S/c1-17-13-20(21-14-28-31(24(21)29-17)16-18-5-4-12-34-18)25(32)27-15-23(30-8-10-33-11-9-30)19-6-2-3-7-22(19)26/h2-7,12-14,23H,8-11,15-16H2,1H3,(H,27,32). The van der Waals surface area contributed by atoms with Gasteiger partial charge in [-0.15, -0.1) is 11.3 Å². The molecule has 0 aliphatic carbocycles. The summed E-state index contributed by atoms with van der Waals surface area (Å²) < 4.78 is 7.39. The van der Waals surface area contributed by atoms with Crippen LogP contribution in [0.5, 0.6) is 0 Å². The van der Waals surface area contributed by atoms with Crippen LogP contribution in [0.25, 0.3) is 11.0 Å². The van der Waals surface area contributed by atoms with E-state index in [1.54, 1.807) is 17.5 Å². The summed E-state index contributed by atoms with van der Waals surface area (Å²) in [4.78, 5) is 21.6. The Morgan fingerprint density at radius 2 is 2.06 bits per heavy atom. The summed E-state index contributed by atoms with van der Waals surface area (Å²) in [5.41, 5.74) is 3.09. The molecule has 1 atom stereocenters. The number of halogens is 1. The number of fused-ring (bicyclic) bond motifs is 1. The molecule has 1 N–H and O–H groups in total. The lowest BCUT2D eigenvalue weighted by Crippen LogP contribution is -2.44. The number of aromatic nitrogens is 3. The average Bonchev–Trinajstić information content (AvgIpc) is 3.51. The van der Waals surface area contributed by atoms with E-state index >= 15 is 0 Å². The minimum absolute atomic E-state index is 0.0403. The number of carbonyl (C=O) groups excluding carboxylic acids is 1. The number of morpholine rings is 1. The summed E-state index contributed by atoms with van der Waals surface area (Å²) >= 11 is 8.22. The largest absolute Gasteiger partial charge is 0.379 e. The Hall–Kier alpha value is -2.78. The summed E-state index contributed by atoms with van der Waals surface area (Å²) in [5, 5.41) is 11.2. The van der Waals surface area contributed by atoms with Gasteiger partial charge in [0.15, 0.2) is 5.65 Å². The van der Waals surface area contributed by atoms with Gasteiger partial charge in [-0.2, -0.15) is 5.10 Å². The van der Waals surface area contributed by atoms with E-state index in [1.165, 1.54) is 4.88 Å². The van der Waals surface area contributed by atoms with E-state index in [9.17, 15) is 4.79 Å². The Bertz CT molecular complexity index is 1280. The minimum Gasteiger partial charge on any atom is -0.379 e. The van der Waals surface area contributed by atoms with Gasteiger partial charge in [0.05, 0.1) is 42.9 Å². The second-order valence-electron chi connectivity index (χ2n) is 8.33. The molecule has 4 heterocycles. The van der Waals surface area contributed by atoms with Gasteiger partial charge >= 0.3 is 0 Å². The van der Waals surface area contributed by atoms with Gasteiger partial charge in [-0.05, 0) is 36.1 Å². The van der Waals surface area contributed by atoms with Crippen LogP contribution in [0.2, 0.25) is 5.02 Å². The molecule has 4 aromatic rings. The molecular formula is C25H26ClN5O2S. The fourth-order valence-corrected chi connectivity index (χ4v) is 5.33. The molecule has 0 spiro atoms. The predicted octanol–water partition coefficient (Wildman–Crippen LogP) is 4.31. The first kappa shape index (κ1) is 23.0. The quantitative estimate of drug-likeness (QED) is 0.413. The number of carbonyl (C=O) groups is 1. The zero-order valence-corrected chi connectivity index (χ0v) is 20.5. The second-order valence-corrected chi connectivity index (χ2v) is 9.77. The Morgan fingerprint density at radius 1 is 1.24 bits per heavy atom. The number of pyridine rings is 1. The Kier molecular flexibility index (Phi) is 6.92. The van der Waals surface area contributed by atoms with Crippen molar-refractivity contribution in [1.82, 2.24) is 25.0 Å². The third-order valence-electron chi connectivity index (χ3n) is 6.07. The van der Waals surface area contributed by atoms with Crippen LogP contribution in [0.4, 0.5) is 0 Å². The van der Waals surface area contributed by atoms with Crippen LogP contribution in [0, 0.1) is 6.92 Å². The molecule has 1 aromatic carbocycles. The molecule has 0 saturated carbocycles. The van der Waals surface area contributed by atoms with Gasteiger partial charge in [0.1, 0.15) is 0 Å². The number of ether oxygens (including phenoxy) is 1. The third kappa shape index (κ3) is 4.86. The van der Waals surface area contributed by atoms with Crippen LogP contribution in [-0.4, -0.2) is 58.4 Å². The molecule has 176 valence electrons. The van der Waals surface area contributed by atoms with Crippen molar-refractivity contribution >= 4 is 39.9 Å². The Morgan fingerprint density at radius 3 is 2.82 bits per heavy atom. The molecule has 1 saturated heterocycles. The summed E-state index contributed by atoms with van der Waals surface area (Å²) in [6.07, 6.45) is 1.73. The molecule has 7 nitrogen and oxygen atoms in total. The maximum Gasteiger partial charge on any atom is 0.252 e. The molecule has 1 aliphatic rings. The lowest BCUT2D eigenvalue weighted by atomic mass is 10.0. The summed E-state index contributed by atoms with van der Waals surface area (Å²) in [5.74, 6) is -0.142. The SMILES string of the molecule is Cc1cc(C(=O)NCC(c2ccccc2Cl)N2CCOCC2)c2cnn(Cc3cccs3)c2n1. The molecule has 5 rings (SSSR count). The van der Waals surface area contributed by atoms with Crippen molar-refractivity contribution in [1.29, 1.82) is 0 Å². The summed E-state index contributed by atoms with van der Waals surface area (Å²) in [6, 6.07) is 13.7. The molecule has 0 bridgehead atoms. The molecule has 1 unspecified atom stereocenters. The lowest BCUT2D eigenvalue weighted by Gasteiger charge is -2.35. The van der Waals surface area contributed by atoms with E-state index in [4.69, 9.17) is 16.3 Å². The van der Waals surface area contributed by atoms with E-state index < -0.39 is 0 Å². The topological polar surface area (TPSA) is 72.3 Å². The number of thiophene rings is 1. The van der Waals surface area contributed by atoms with Crippen molar-refractivity contribution in [2.75, 3.05) is 32.8 Å². The van der Waals surface area contributed by atoms with Crippen LogP contribution < -0.4 is 5.32 Å². The smallest absolute Gasteiger partial charge is 0.252 e. The highest BCUT2D eigenvalue weighted by atomic mass is 35.5. The van der Waals surface area contributed by atoms with E-state index in [2.05, 4.69) is 26.4 Å². The molecule has 3 aromatic heterocycles. The molecule has 34 heavy (non-hydrogen) atoms. The number of hydrogen-bond acceptors (Lipinski definition) is 6. The van der Waals surface area contributed by atoms with Gasteiger partial charge in [-0.1, -0.05) is 35.9 Å². The number of amides is 1. The first-order chi connectivity index (χ1) is 16.6. The molecule has 9 heteroatoms. The monoisotopic (exact) mass is 495 g/mol. The van der Waals surface area contributed by atoms with Crippen LogP contribution in [0.1, 0.15) is 32.5 Å². The van der Waals surface area contributed by atoms with Crippen LogP contribution in [0.15, 0.2) is 54.0 Å². The minimum atomic E-state index is -0.142. The fourth-order valence-electron chi connectivity index (χ4n) is 4.38. The van der Waals surface area contributed by atoms with Crippen molar-refractivity contribution in [3.63, 3.8) is 0 Å². The normalized spacial score (nSPS) is 15.5. The number of nitrogens with zero attached hydrogens (tertiary/aromatic N) is 4. The first-order valence-electron chi connectivity index (χ1n) is 11.3.